The number of benzene rings is 1. The number of carbonyl (C=O) groups excluding carboxylic acids is 2. The molecule has 0 bridgehead atoms. The van der Waals surface area contributed by atoms with Gasteiger partial charge in [-0.3, -0.25) is 19.4 Å². The van der Waals surface area contributed by atoms with E-state index in [-0.39, 0.29) is 24.0 Å². The Hall–Kier alpha value is -2.37. The average Bonchev–Trinajstić information content (AvgIpc) is 3.35. The van der Waals surface area contributed by atoms with E-state index in [2.05, 4.69) is 10.2 Å². The topological polar surface area (TPSA) is 68.4 Å². The van der Waals surface area contributed by atoms with Crippen molar-refractivity contribution >= 4 is 23.2 Å². The van der Waals surface area contributed by atoms with Gasteiger partial charge in [-0.1, -0.05) is 0 Å². The zero-order valence-corrected chi connectivity index (χ0v) is 19.3. The normalized spacial score (nSPS) is 20.6. The number of ether oxygens (including phenoxy) is 1. The van der Waals surface area contributed by atoms with Crippen LogP contribution in [0.2, 0.25) is 0 Å². The molecule has 3 heterocycles. The second kappa shape index (κ2) is 10.9. The predicted octanol–water partition coefficient (Wildman–Crippen LogP) is 1.72. The number of halogens is 3. The Bertz CT molecular complexity index is 862. The summed E-state index contributed by atoms with van der Waals surface area (Å²) in [5, 5.41) is 2.73. The highest BCUT2D eigenvalue weighted by Gasteiger charge is 2.32. The first-order chi connectivity index (χ1) is 16.3. The molecule has 2 amide bonds. The van der Waals surface area contributed by atoms with E-state index in [4.69, 9.17) is 4.74 Å². The first kappa shape index (κ1) is 24.7. The molecule has 0 atom stereocenters. The maximum Gasteiger partial charge on any atom is 0.416 e. The Labute approximate surface area is 197 Å². The SMILES string of the molecule is O=C(CN1CCN(CC(=O)N2CCOCC2)CC1)Nc1cc(C(F)(F)F)ccc1N1CCCC1. The third-order valence-electron chi connectivity index (χ3n) is 6.60. The third-order valence-corrected chi connectivity index (χ3v) is 6.60. The van der Waals surface area contributed by atoms with Gasteiger partial charge in [0.25, 0.3) is 0 Å². The molecule has 0 aliphatic carbocycles. The Kier molecular flexibility index (Phi) is 7.95. The number of carbonyl (C=O) groups is 2. The monoisotopic (exact) mass is 483 g/mol. The van der Waals surface area contributed by atoms with Crippen molar-refractivity contribution in [3.05, 3.63) is 23.8 Å². The van der Waals surface area contributed by atoms with Crippen LogP contribution >= 0.6 is 0 Å². The average molecular weight is 484 g/mol. The number of hydrogen-bond acceptors (Lipinski definition) is 6. The van der Waals surface area contributed by atoms with Crippen LogP contribution in [0.25, 0.3) is 0 Å². The van der Waals surface area contributed by atoms with Gasteiger partial charge in [0.05, 0.1) is 43.2 Å². The highest BCUT2D eigenvalue weighted by molar-refractivity contribution is 5.96. The van der Waals surface area contributed by atoms with Gasteiger partial charge in [0.15, 0.2) is 0 Å². The Morgan fingerprint density at radius 1 is 0.882 bits per heavy atom. The quantitative estimate of drug-likeness (QED) is 0.665. The standard InChI is InChI=1S/C23H32F3N5O3/c24-23(25,26)18-3-4-20(30-5-1-2-6-30)19(15-18)27-21(32)16-28-7-9-29(10-8-28)17-22(33)31-11-13-34-14-12-31/h3-4,15H,1-2,5-14,16-17H2,(H,27,32). The number of rotatable bonds is 6. The lowest BCUT2D eigenvalue weighted by atomic mass is 10.1. The predicted molar refractivity (Wildman–Crippen MR) is 122 cm³/mol. The number of amides is 2. The van der Waals surface area contributed by atoms with E-state index >= 15 is 0 Å². The van der Waals surface area contributed by atoms with Crippen LogP contribution in [-0.2, 0) is 20.5 Å². The molecule has 0 radical (unpaired) electrons. The van der Waals surface area contributed by atoms with Crippen LogP contribution in [0.4, 0.5) is 24.5 Å². The molecule has 1 N–H and O–H groups in total. The van der Waals surface area contributed by atoms with Gasteiger partial charge in [-0.15, -0.1) is 0 Å². The summed E-state index contributed by atoms with van der Waals surface area (Å²) in [6.07, 6.45) is -2.52. The molecule has 3 fully saturated rings. The summed E-state index contributed by atoms with van der Waals surface area (Å²) >= 11 is 0. The Balaban J connectivity index is 1.30. The number of alkyl halides is 3. The number of anilines is 2. The largest absolute Gasteiger partial charge is 0.416 e. The zero-order chi connectivity index (χ0) is 24.1. The maximum absolute atomic E-state index is 13.3. The first-order valence-corrected chi connectivity index (χ1v) is 11.9. The first-order valence-electron chi connectivity index (χ1n) is 11.9. The third kappa shape index (κ3) is 6.39. The van der Waals surface area contributed by atoms with Crippen molar-refractivity contribution in [1.29, 1.82) is 0 Å². The van der Waals surface area contributed by atoms with E-state index in [9.17, 15) is 22.8 Å². The summed E-state index contributed by atoms with van der Waals surface area (Å²) in [7, 11) is 0. The summed E-state index contributed by atoms with van der Waals surface area (Å²) in [5.74, 6) is -0.244. The van der Waals surface area contributed by atoms with Crippen molar-refractivity contribution in [2.45, 2.75) is 19.0 Å². The van der Waals surface area contributed by atoms with Crippen LogP contribution in [0.5, 0.6) is 0 Å². The summed E-state index contributed by atoms with van der Waals surface area (Å²) in [6, 6.07) is 3.55. The fourth-order valence-corrected chi connectivity index (χ4v) is 4.65. The maximum atomic E-state index is 13.3. The molecule has 0 aromatic heterocycles. The lowest BCUT2D eigenvalue weighted by molar-refractivity contribution is -0.138. The number of nitrogens with zero attached hydrogens (tertiary/aromatic N) is 4. The molecular weight excluding hydrogens is 451 g/mol. The van der Waals surface area contributed by atoms with E-state index in [0.717, 1.165) is 38.1 Å². The van der Waals surface area contributed by atoms with Crippen LogP contribution < -0.4 is 10.2 Å². The minimum Gasteiger partial charge on any atom is -0.378 e. The summed E-state index contributed by atoms with van der Waals surface area (Å²) in [4.78, 5) is 33.0. The van der Waals surface area contributed by atoms with E-state index in [1.54, 1.807) is 0 Å². The molecular formula is C23H32F3N5O3. The molecule has 3 aliphatic heterocycles. The second-order valence-corrected chi connectivity index (χ2v) is 9.02. The second-order valence-electron chi connectivity index (χ2n) is 9.02. The van der Waals surface area contributed by atoms with Gasteiger partial charge in [0, 0.05) is 52.4 Å². The van der Waals surface area contributed by atoms with Gasteiger partial charge in [-0.2, -0.15) is 13.2 Å². The van der Waals surface area contributed by atoms with Gasteiger partial charge in [-0.25, -0.2) is 0 Å². The molecule has 4 rings (SSSR count). The van der Waals surface area contributed by atoms with Crippen LogP contribution in [0, 0.1) is 0 Å². The molecule has 0 saturated carbocycles. The van der Waals surface area contributed by atoms with Crippen molar-refractivity contribution in [1.82, 2.24) is 14.7 Å². The van der Waals surface area contributed by atoms with Crippen LogP contribution in [0.3, 0.4) is 0 Å². The molecule has 3 aliphatic rings. The van der Waals surface area contributed by atoms with Crippen LogP contribution in [0.15, 0.2) is 18.2 Å². The van der Waals surface area contributed by atoms with Crippen molar-refractivity contribution < 1.29 is 27.5 Å². The van der Waals surface area contributed by atoms with Crippen LogP contribution in [-0.4, -0.2) is 105 Å². The fraction of sp³-hybridized carbons (Fsp3) is 0.652. The van der Waals surface area contributed by atoms with Crippen molar-refractivity contribution in [3.63, 3.8) is 0 Å². The van der Waals surface area contributed by atoms with Gasteiger partial charge < -0.3 is 19.9 Å². The highest BCUT2D eigenvalue weighted by atomic mass is 19.4. The number of hydrogen-bond donors (Lipinski definition) is 1. The van der Waals surface area contributed by atoms with Gasteiger partial charge >= 0.3 is 6.18 Å². The fourth-order valence-electron chi connectivity index (χ4n) is 4.65. The highest BCUT2D eigenvalue weighted by Crippen LogP contribution is 2.36. The zero-order valence-electron chi connectivity index (χ0n) is 19.3. The smallest absolute Gasteiger partial charge is 0.378 e. The Morgan fingerprint density at radius 2 is 1.50 bits per heavy atom. The van der Waals surface area contributed by atoms with Gasteiger partial charge in [0.2, 0.25) is 11.8 Å². The summed E-state index contributed by atoms with van der Waals surface area (Å²) < 4.78 is 45.1. The molecule has 3 saturated heterocycles. The minimum absolute atomic E-state index is 0.0912. The molecule has 0 unspecified atom stereocenters. The molecule has 1 aromatic rings. The van der Waals surface area contributed by atoms with E-state index in [1.165, 1.54) is 6.07 Å². The van der Waals surface area contributed by atoms with Crippen molar-refractivity contribution in [3.8, 4) is 0 Å². The lowest BCUT2D eigenvalue weighted by Crippen LogP contribution is -2.52. The Morgan fingerprint density at radius 3 is 2.12 bits per heavy atom. The molecule has 1 aromatic carbocycles. The number of nitrogens with one attached hydrogen (secondary N) is 1. The lowest BCUT2D eigenvalue weighted by Gasteiger charge is -2.35. The van der Waals surface area contributed by atoms with Gasteiger partial charge in [0.1, 0.15) is 0 Å². The molecule has 0 spiro atoms. The van der Waals surface area contributed by atoms with Gasteiger partial charge in [-0.05, 0) is 31.0 Å². The van der Waals surface area contributed by atoms with E-state index in [1.807, 2.05) is 14.7 Å². The number of piperazine rings is 1. The van der Waals surface area contributed by atoms with Crippen molar-refractivity contribution in [2.24, 2.45) is 0 Å². The molecule has 11 heteroatoms. The molecule has 188 valence electrons. The summed E-state index contributed by atoms with van der Waals surface area (Å²) in [5.41, 5.74) is 0.0612. The van der Waals surface area contributed by atoms with E-state index in [0.29, 0.717) is 64.7 Å². The van der Waals surface area contributed by atoms with Crippen molar-refractivity contribution in [2.75, 3.05) is 88.9 Å². The van der Waals surface area contributed by atoms with E-state index < -0.39 is 11.7 Å². The minimum atomic E-state index is -4.47. The molecule has 34 heavy (non-hydrogen) atoms. The number of morpholine rings is 1. The summed E-state index contributed by atoms with van der Waals surface area (Å²) in [6.45, 7) is 6.90. The van der Waals surface area contributed by atoms with Crippen LogP contribution in [0.1, 0.15) is 18.4 Å². The molecule has 8 nitrogen and oxygen atoms in total.